The number of ether oxygens (including phenoxy) is 1. The average molecular weight is 218 g/mol. The summed E-state index contributed by atoms with van der Waals surface area (Å²) in [5.74, 6) is -0.607. The quantitative estimate of drug-likeness (QED) is 0.623. The summed E-state index contributed by atoms with van der Waals surface area (Å²) in [7, 11) is 0. The van der Waals surface area contributed by atoms with Gasteiger partial charge in [0.05, 0.1) is 16.3 Å². The predicted octanol–water partition coefficient (Wildman–Crippen LogP) is 2.05. The lowest BCUT2D eigenvalue weighted by atomic mass is 10.2. The standard InChI is InChI=1S/C9H9ClFNO2/c10-7-5-6(1-2-8(7)12)9(13)14-4-3-11/h1-2,5H,3-4,12H2. The number of nitrogen functional groups attached to an aromatic ring is 1. The maximum atomic E-state index is 11.7. The summed E-state index contributed by atoms with van der Waals surface area (Å²) in [4.78, 5) is 11.2. The average Bonchev–Trinajstić information content (AvgIpc) is 2.18. The van der Waals surface area contributed by atoms with E-state index in [1.165, 1.54) is 18.2 Å². The van der Waals surface area contributed by atoms with E-state index in [0.717, 1.165) is 0 Å². The van der Waals surface area contributed by atoms with Crippen molar-refractivity contribution in [1.29, 1.82) is 0 Å². The first kappa shape index (κ1) is 10.8. The molecule has 0 aliphatic heterocycles. The number of esters is 1. The van der Waals surface area contributed by atoms with Crippen LogP contribution >= 0.6 is 11.6 Å². The van der Waals surface area contributed by atoms with Crippen molar-refractivity contribution in [1.82, 2.24) is 0 Å². The molecule has 0 aliphatic rings. The summed E-state index contributed by atoms with van der Waals surface area (Å²) >= 11 is 5.69. The van der Waals surface area contributed by atoms with E-state index >= 15 is 0 Å². The predicted molar refractivity (Wildman–Crippen MR) is 52.1 cm³/mol. The first-order valence-electron chi connectivity index (χ1n) is 3.93. The number of alkyl halides is 1. The first-order valence-corrected chi connectivity index (χ1v) is 4.31. The smallest absolute Gasteiger partial charge is 0.338 e. The van der Waals surface area contributed by atoms with Gasteiger partial charge in [0.1, 0.15) is 13.3 Å². The van der Waals surface area contributed by atoms with Gasteiger partial charge in [-0.1, -0.05) is 11.6 Å². The molecule has 1 rings (SSSR count). The third kappa shape index (κ3) is 2.60. The molecular formula is C9H9ClFNO2. The minimum atomic E-state index is -0.700. The Morgan fingerprint density at radius 2 is 2.29 bits per heavy atom. The lowest BCUT2D eigenvalue weighted by Crippen LogP contribution is -2.07. The molecule has 0 aromatic heterocycles. The Labute approximate surface area is 85.6 Å². The van der Waals surface area contributed by atoms with Crippen molar-refractivity contribution in [2.45, 2.75) is 0 Å². The van der Waals surface area contributed by atoms with E-state index in [4.69, 9.17) is 17.3 Å². The number of anilines is 1. The van der Waals surface area contributed by atoms with Gasteiger partial charge in [-0.3, -0.25) is 0 Å². The van der Waals surface area contributed by atoms with Gasteiger partial charge in [0.2, 0.25) is 0 Å². The molecule has 0 amide bonds. The van der Waals surface area contributed by atoms with Gasteiger partial charge < -0.3 is 10.5 Å². The highest BCUT2D eigenvalue weighted by molar-refractivity contribution is 6.33. The van der Waals surface area contributed by atoms with Crippen LogP contribution in [0.2, 0.25) is 5.02 Å². The first-order chi connectivity index (χ1) is 6.65. The second kappa shape index (κ2) is 4.81. The van der Waals surface area contributed by atoms with Crippen LogP contribution in [0.15, 0.2) is 18.2 Å². The van der Waals surface area contributed by atoms with Crippen molar-refractivity contribution in [2.24, 2.45) is 0 Å². The Balaban J connectivity index is 2.76. The van der Waals surface area contributed by atoms with Crippen LogP contribution in [0.3, 0.4) is 0 Å². The second-order valence-corrected chi connectivity index (χ2v) is 2.97. The van der Waals surface area contributed by atoms with Gasteiger partial charge >= 0.3 is 5.97 Å². The summed E-state index contributed by atoms with van der Waals surface area (Å²) < 4.78 is 16.2. The van der Waals surface area contributed by atoms with Crippen LogP contribution in [0.25, 0.3) is 0 Å². The van der Waals surface area contributed by atoms with E-state index in [-0.39, 0.29) is 17.2 Å². The van der Waals surface area contributed by atoms with E-state index in [2.05, 4.69) is 4.74 Å². The molecule has 0 saturated heterocycles. The molecule has 14 heavy (non-hydrogen) atoms. The number of nitrogens with two attached hydrogens (primary N) is 1. The molecule has 2 N–H and O–H groups in total. The number of hydrogen-bond acceptors (Lipinski definition) is 3. The molecule has 0 aliphatic carbocycles. The third-order valence-corrected chi connectivity index (χ3v) is 1.87. The molecule has 76 valence electrons. The highest BCUT2D eigenvalue weighted by Gasteiger charge is 2.08. The zero-order valence-corrected chi connectivity index (χ0v) is 8.05. The summed E-state index contributed by atoms with van der Waals surface area (Å²) in [6.45, 7) is -0.949. The van der Waals surface area contributed by atoms with Gasteiger partial charge in [0.15, 0.2) is 0 Å². The number of carbonyl (C=O) groups is 1. The molecule has 3 nitrogen and oxygen atoms in total. The Bertz CT molecular complexity index is 344. The molecule has 1 aromatic carbocycles. The number of benzene rings is 1. The molecule has 0 heterocycles. The van der Waals surface area contributed by atoms with Crippen LogP contribution in [0, 0.1) is 0 Å². The number of halogens is 2. The molecule has 0 unspecified atom stereocenters. The highest BCUT2D eigenvalue weighted by atomic mass is 35.5. The van der Waals surface area contributed by atoms with Gasteiger partial charge in [0, 0.05) is 0 Å². The molecule has 0 fully saturated rings. The van der Waals surface area contributed by atoms with Crippen molar-refractivity contribution < 1.29 is 13.9 Å². The maximum absolute atomic E-state index is 11.7. The van der Waals surface area contributed by atoms with Crippen molar-refractivity contribution >= 4 is 23.3 Å². The summed E-state index contributed by atoms with van der Waals surface area (Å²) in [6, 6.07) is 4.35. The Morgan fingerprint density at radius 1 is 1.57 bits per heavy atom. The molecule has 1 aromatic rings. The molecule has 5 heteroatoms. The highest BCUT2D eigenvalue weighted by Crippen LogP contribution is 2.19. The molecule has 0 atom stereocenters. The number of rotatable bonds is 3. The fourth-order valence-corrected chi connectivity index (χ4v) is 1.05. The fraction of sp³-hybridized carbons (Fsp3) is 0.222. The third-order valence-electron chi connectivity index (χ3n) is 1.55. The van der Waals surface area contributed by atoms with E-state index in [0.29, 0.717) is 5.69 Å². The van der Waals surface area contributed by atoms with Gasteiger partial charge in [-0.25, -0.2) is 9.18 Å². The summed E-state index contributed by atoms with van der Waals surface area (Å²) in [5.41, 5.74) is 6.09. The van der Waals surface area contributed by atoms with Crippen molar-refractivity contribution in [3.8, 4) is 0 Å². The van der Waals surface area contributed by atoms with Crippen molar-refractivity contribution in [2.75, 3.05) is 19.0 Å². The van der Waals surface area contributed by atoms with Gasteiger partial charge in [-0.15, -0.1) is 0 Å². The Hall–Kier alpha value is -1.29. The zero-order valence-electron chi connectivity index (χ0n) is 7.30. The summed E-state index contributed by atoms with van der Waals surface area (Å²) in [6.07, 6.45) is 0. The normalized spacial score (nSPS) is 9.86. The Morgan fingerprint density at radius 3 is 2.86 bits per heavy atom. The van der Waals surface area contributed by atoms with Gasteiger partial charge in [0.25, 0.3) is 0 Å². The monoisotopic (exact) mass is 217 g/mol. The van der Waals surface area contributed by atoms with Crippen molar-refractivity contribution in [3.63, 3.8) is 0 Å². The minimum Gasteiger partial charge on any atom is -0.459 e. The van der Waals surface area contributed by atoms with Gasteiger partial charge in [-0.2, -0.15) is 0 Å². The lowest BCUT2D eigenvalue weighted by molar-refractivity contribution is 0.0481. The second-order valence-electron chi connectivity index (χ2n) is 2.56. The minimum absolute atomic E-state index is 0.249. The topological polar surface area (TPSA) is 52.3 Å². The fourth-order valence-electron chi connectivity index (χ4n) is 0.869. The van der Waals surface area contributed by atoms with Crippen LogP contribution < -0.4 is 5.73 Å². The van der Waals surface area contributed by atoms with Crippen LogP contribution in [0.5, 0.6) is 0 Å². The van der Waals surface area contributed by atoms with Gasteiger partial charge in [-0.05, 0) is 18.2 Å². The molecule has 0 saturated carbocycles. The Kier molecular flexibility index (Phi) is 3.71. The largest absolute Gasteiger partial charge is 0.459 e. The van der Waals surface area contributed by atoms with Crippen LogP contribution in [-0.4, -0.2) is 19.3 Å². The van der Waals surface area contributed by atoms with Crippen LogP contribution in [0.1, 0.15) is 10.4 Å². The van der Waals surface area contributed by atoms with Crippen LogP contribution in [0.4, 0.5) is 10.1 Å². The maximum Gasteiger partial charge on any atom is 0.338 e. The van der Waals surface area contributed by atoms with Crippen molar-refractivity contribution in [3.05, 3.63) is 28.8 Å². The van der Waals surface area contributed by atoms with E-state index in [9.17, 15) is 9.18 Å². The molecule has 0 spiro atoms. The van der Waals surface area contributed by atoms with E-state index in [1.807, 2.05) is 0 Å². The number of hydrogen-bond donors (Lipinski definition) is 1. The zero-order chi connectivity index (χ0) is 10.6. The number of carbonyl (C=O) groups excluding carboxylic acids is 1. The van der Waals surface area contributed by atoms with E-state index < -0.39 is 12.6 Å². The summed E-state index contributed by atoms with van der Waals surface area (Å²) in [5, 5.41) is 0.277. The van der Waals surface area contributed by atoms with Crippen LogP contribution in [-0.2, 0) is 4.74 Å². The molecule has 0 radical (unpaired) electrons. The SMILES string of the molecule is Nc1ccc(C(=O)OCCF)cc1Cl. The van der Waals surface area contributed by atoms with E-state index in [1.54, 1.807) is 0 Å². The molecule has 0 bridgehead atoms. The molecular weight excluding hydrogens is 209 g/mol. The lowest BCUT2D eigenvalue weighted by Gasteiger charge is -2.03.